The lowest BCUT2D eigenvalue weighted by atomic mass is 10.2. The van der Waals surface area contributed by atoms with E-state index in [0.717, 1.165) is 0 Å². The molecule has 0 N–H and O–H groups in total. The van der Waals surface area contributed by atoms with Crippen molar-refractivity contribution in [2.45, 2.75) is 24.6 Å². The maximum atomic E-state index is 11.9. The first-order chi connectivity index (χ1) is 9.43. The van der Waals surface area contributed by atoms with Crippen molar-refractivity contribution in [1.82, 2.24) is 0 Å². The lowest BCUT2D eigenvalue weighted by Crippen LogP contribution is -2.51. The minimum Gasteiger partial charge on any atom is -0.465 e. The van der Waals surface area contributed by atoms with E-state index in [-0.39, 0.29) is 5.03 Å². The predicted molar refractivity (Wildman–Crippen MR) is 48.9 cm³/mol. The van der Waals surface area contributed by atoms with Gasteiger partial charge in [-0.1, -0.05) is 18.2 Å². The average Bonchev–Trinajstić information content (AvgIpc) is 2.26. The molecule has 0 heterocycles. The lowest BCUT2D eigenvalue weighted by molar-refractivity contribution is -0.303. The molecular formula is C8H7ClF8O2. The minimum absolute atomic E-state index is 0.197. The Labute approximate surface area is 111 Å². The number of alkyl halides is 8. The van der Waals surface area contributed by atoms with E-state index in [1.54, 1.807) is 0 Å². The number of esters is 1. The van der Waals surface area contributed by atoms with Crippen molar-refractivity contribution in [1.29, 1.82) is 0 Å². The summed E-state index contributed by atoms with van der Waals surface area (Å²) in [4.78, 5) is 10.2. The summed E-state index contributed by atoms with van der Waals surface area (Å²) in [7, 11) is -0.412. The van der Waals surface area contributed by atoms with Crippen LogP contribution < -0.4 is 0 Å². The van der Waals surface area contributed by atoms with Crippen molar-refractivity contribution in [3.8, 4) is 0 Å². The van der Waals surface area contributed by atoms with Crippen molar-refractivity contribution >= 4 is 17.6 Å². The van der Waals surface area contributed by atoms with Gasteiger partial charge >= 0.3 is 30.6 Å². The molecule has 0 saturated carbocycles. The van der Waals surface area contributed by atoms with Crippen LogP contribution in [0.5, 0.6) is 0 Å². The molecule has 0 saturated heterocycles. The van der Waals surface area contributed by atoms with E-state index in [2.05, 4.69) is 11.3 Å². The molecule has 0 aromatic carbocycles. The molecule has 0 aromatic rings. The van der Waals surface area contributed by atoms with E-state index < -0.39 is 37.7 Å². The van der Waals surface area contributed by atoms with E-state index in [1.165, 1.54) is 0 Å². The van der Waals surface area contributed by atoms with Gasteiger partial charge in [-0.05, 0) is 0 Å². The van der Waals surface area contributed by atoms with Crippen LogP contribution in [0.4, 0.5) is 35.1 Å². The van der Waals surface area contributed by atoms with Crippen molar-refractivity contribution < 1.29 is 48.8 Å². The number of halogens is 9. The molecule has 0 amide bonds. The molecule has 0 fully saturated rings. The largest absolute Gasteiger partial charge is 0.465 e. The van der Waals surface area contributed by atoms with Crippen LogP contribution in [0.1, 0.15) is 4.11 Å². The maximum absolute atomic E-state index is 11.9. The van der Waals surface area contributed by atoms with Gasteiger partial charge in [0.25, 0.3) is 0 Å². The van der Waals surface area contributed by atoms with E-state index in [4.69, 9.17) is 15.7 Å². The van der Waals surface area contributed by atoms with Gasteiger partial charge in [-0.25, -0.2) is 22.4 Å². The fourth-order valence-corrected chi connectivity index (χ4v) is 0.370. The molecule has 0 rings (SSSR count). The molecule has 19 heavy (non-hydrogen) atoms. The number of methoxy groups -OCH3 is 1. The summed E-state index contributed by atoms with van der Waals surface area (Å²) >= 11 is 5.05. The zero-order chi connectivity index (χ0) is 18.6. The second-order valence-electron chi connectivity index (χ2n) is 2.51. The summed E-state index contributed by atoms with van der Waals surface area (Å²) in [5, 5.41) is -0.197. The Balaban J connectivity index is 0. The van der Waals surface area contributed by atoms with E-state index in [0.29, 0.717) is 0 Å². The smallest absolute Gasteiger partial charge is 0.375 e. The highest BCUT2D eigenvalue weighted by molar-refractivity contribution is 6.40. The Bertz CT molecular complexity index is 383. The molecule has 114 valence electrons. The van der Waals surface area contributed by atoms with Crippen molar-refractivity contribution in [2.75, 3.05) is 7.09 Å². The van der Waals surface area contributed by atoms with Gasteiger partial charge in [0.05, 0.1) is 8.46 Å². The Morgan fingerprint density at radius 1 is 1.21 bits per heavy atom. The number of rotatable bonds is 4. The van der Waals surface area contributed by atoms with Gasteiger partial charge < -0.3 is 4.74 Å². The SMILES string of the molecule is [2H]C(F)(F)C(F)(F)C(F)(F)C([2H])(F)F.[2H]COC(=O)C(=C)Cl. The number of carbonyl (C=O) groups is 1. The second kappa shape index (κ2) is 7.51. The molecule has 0 aliphatic heterocycles. The second-order valence-corrected chi connectivity index (χ2v) is 2.96. The molecule has 0 aliphatic rings. The van der Waals surface area contributed by atoms with Crippen LogP contribution in [-0.2, 0) is 9.53 Å². The normalized spacial score (nSPS) is 15.3. The first kappa shape index (κ1) is 14.4. The van der Waals surface area contributed by atoms with Crippen molar-refractivity contribution in [3.63, 3.8) is 0 Å². The summed E-state index contributed by atoms with van der Waals surface area (Å²) in [5.41, 5.74) is 0. The van der Waals surface area contributed by atoms with E-state index in [9.17, 15) is 39.9 Å². The first-order valence-corrected chi connectivity index (χ1v) is 4.13. The van der Waals surface area contributed by atoms with Gasteiger partial charge in [-0.15, -0.1) is 0 Å². The fourth-order valence-electron chi connectivity index (χ4n) is 0.316. The number of ether oxygens (including phenoxy) is 1. The van der Waals surface area contributed by atoms with Crippen molar-refractivity contribution in [2.24, 2.45) is 0 Å². The molecule has 0 aromatic heterocycles. The van der Waals surface area contributed by atoms with Crippen LogP contribution in [0.15, 0.2) is 11.6 Å². The van der Waals surface area contributed by atoms with Crippen LogP contribution in [0.25, 0.3) is 0 Å². The summed E-state index contributed by atoms with van der Waals surface area (Å²) in [5.74, 6) is -14.0. The Morgan fingerprint density at radius 3 is 1.63 bits per heavy atom. The summed E-state index contributed by atoms with van der Waals surface area (Å²) < 4.78 is 115. The Morgan fingerprint density at radius 2 is 1.53 bits per heavy atom. The zero-order valence-electron chi connectivity index (χ0n) is 11.6. The molecule has 11 heteroatoms. The molecule has 0 aliphatic carbocycles. The summed E-state index contributed by atoms with van der Waals surface area (Å²) in [6.07, 6.45) is -12.2. The average molecular weight is 326 g/mol. The monoisotopic (exact) mass is 325 g/mol. The molecule has 0 spiro atoms. The van der Waals surface area contributed by atoms with Crippen LogP contribution in [-0.4, -0.2) is 37.7 Å². The Kier molecular flexibility index (Phi) is 5.67. The standard InChI is InChI=1S/C4H5ClO2.C4H2F8/c1-3(5)4(6)7-2;5-1(6)3(9,10)4(11,12)2(7)8/h1H2,2H3;1-2H/i2D;1D,2D. The third-order valence-electron chi connectivity index (χ3n) is 1.22. The first-order valence-electron chi connectivity index (χ1n) is 5.46. The molecular weight excluding hydrogens is 316 g/mol. The highest BCUT2D eigenvalue weighted by Gasteiger charge is 2.68. The van der Waals surface area contributed by atoms with Gasteiger partial charge in [0.15, 0.2) is 0 Å². The lowest BCUT2D eigenvalue weighted by Gasteiger charge is -2.24. The molecule has 0 atom stereocenters. The predicted octanol–water partition coefficient (Wildman–Crippen LogP) is 3.70. The molecule has 0 radical (unpaired) electrons. The van der Waals surface area contributed by atoms with Crippen LogP contribution in [0.2, 0.25) is 0 Å². The third-order valence-corrected chi connectivity index (χ3v) is 1.38. The van der Waals surface area contributed by atoms with Crippen LogP contribution in [0.3, 0.4) is 0 Å². The highest BCUT2D eigenvalue weighted by Crippen LogP contribution is 2.42. The Hall–Kier alpha value is -1.06. The zero-order valence-corrected chi connectivity index (χ0v) is 9.39. The van der Waals surface area contributed by atoms with E-state index in [1.807, 2.05) is 0 Å². The molecule has 2 nitrogen and oxygen atoms in total. The third kappa shape index (κ3) is 5.62. The van der Waals surface area contributed by atoms with Crippen LogP contribution >= 0.6 is 11.6 Å². The van der Waals surface area contributed by atoms with Gasteiger partial charge in [0, 0.05) is 0 Å². The fraction of sp³-hybridized carbons (Fsp3) is 0.625. The van der Waals surface area contributed by atoms with Crippen LogP contribution in [0, 0.1) is 0 Å². The van der Waals surface area contributed by atoms with E-state index >= 15 is 0 Å². The minimum atomic E-state index is -6.62. The van der Waals surface area contributed by atoms with Crippen molar-refractivity contribution in [3.05, 3.63) is 11.6 Å². The van der Waals surface area contributed by atoms with Gasteiger partial charge in [0.2, 0.25) is 0 Å². The molecule has 0 unspecified atom stereocenters. The highest BCUT2D eigenvalue weighted by atomic mass is 35.5. The number of hydrogen-bond acceptors (Lipinski definition) is 2. The summed E-state index contributed by atoms with van der Waals surface area (Å²) in [6.45, 7) is 3.08. The number of hydrogen-bond donors (Lipinski definition) is 0. The maximum Gasteiger partial charge on any atom is 0.375 e. The van der Waals surface area contributed by atoms with Gasteiger partial charge in [-0.2, -0.15) is 17.6 Å². The molecule has 0 bridgehead atoms. The number of carbonyl (C=O) groups excluding carboxylic acids is 1. The van der Waals surface area contributed by atoms with Gasteiger partial charge in [-0.3, -0.25) is 0 Å². The van der Waals surface area contributed by atoms with Gasteiger partial charge in [0.1, 0.15) is 7.77 Å². The summed E-state index contributed by atoms with van der Waals surface area (Å²) in [6, 6.07) is 0. The topological polar surface area (TPSA) is 26.3 Å². The quantitative estimate of drug-likeness (QED) is 0.447.